The number of hydrogen-bond acceptors (Lipinski definition) is 4. The maximum Gasteiger partial charge on any atom is 0.183 e. The van der Waals surface area contributed by atoms with Crippen LogP contribution >= 0.6 is 27.7 Å². The molecule has 0 fully saturated rings. The van der Waals surface area contributed by atoms with Gasteiger partial charge in [-0.05, 0) is 40.5 Å². The van der Waals surface area contributed by atoms with Crippen LogP contribution in [0.15, 0.2) is 32.6 Å². The normalized spacial score (nSPS) is 10.3. The molecule has 2 rings (SSSR count). The predicted octanol–water partition coefficient (Wildman–Crippen LogP) is 4.04. The molecule has 0 amide bonds. The Labute approximate surface area is 126 Å². The van der Waals surface area contributed by atoms with Crippen LogP contribution in [-0.2, 0) is 0 Å². The minimum Gasteiger partial charge on any atom is -0.396 e. The third-order valence-corrected chi connectivity index (χ3v) is 4.96. The van der Waals surface area contributed by atoms with E-state index in [9.17, 15) is 8.78 Å². The van der Waals surface area contributed by atoms with Gasteiger partial charge in [-0.15, -0.1) is 0 Å². The molecule has 0 unspecified atom stereocenters. The van der Waals surface area contributed by atoms with Crippen LogP contribution in [0.4, 0.5) is 14.5 Å². The van der Waals surface area contributed by atoms with E-state index < -0.39 is 11.6 Å². The first-order valence-corrected chi connectivity index (χ1v) is 7.03. The number of pyridine rings is 1. The highest BCUT2D eigenvalue weighted by Gasteiger charge is 2.20. The van der Waals surface area contributed by atoms with Gasteiger partial charge in [0.2, 0.25) is 0 Å². The fourth-order valence-corrected chi connectivity index (χ4v) is 3.10. The summed E-state index contributed by atoms with van der Waals surface area (Å²) in [4.78, 5) is 4.49. The summed E-state index contributed by atoms with van der Waals surface area (Å²) >= 11 is 4.22. The molecule has 0 aliphatic carbocycles. The number of anilines is 1. The first-order chi connectivity index (χ1) is 9.45. The summed E-state index contributed by atoms with van der Waals surface area (Å²) in [6.07, 6.45) is 1.44. The van der Waals surface area contributed by atoms with E-state index in [0.29, 0.717) is 14.9 Å². The summed E-state index contributed by atoms with van der Waals surface area (Å²) in [6.45, 7) is 1.60. The zero-order chi connectivity index (χ0) is 14.9. The molecule has 0 atom stereocenters. The van der Waals surface area contributed by atoms with Gasteiger partial charge in [-0.3, -0.25) is 0 Å². The Morgan fingerprint density at radius 3 is 2.75 bits per heavy atom. The van der Waals surface area contributed by atoms with Crippen molar-refractivity contribution in [2.75, 3.05) is 5.73 Å². The van der Waals surface area contributed by atoms with Crippen molar-refractivity contribution in [2.24, 2.45) is 0 Å². The average molecular weight is 356 g/mol. The van der Waals surface area contributed by atoms with Crippen molar-refractivity contribution in [1.82, 2.24) is 4.98 Å². The maximum absolute atomic E-state index is 14.0. The molecule has 0 aliphatic heterocycles. The number of nitrogens with zero attached hydrogens (tertiary/aromatic N) is 2. The highest BCUT2D eigenvalue weighted by molar-refractivity contribution is 9.10. The molecular formula is C13H8BrF2N3S. The minimum absolute atomic E-state index is 0.0873. The first kappa shape index (κ1) is 14.8. The molecule has 1 aromatic heterocycles. The molecule has 7 heteroatoms. The van der Waals surface area contributed by atoms with E-state index in [-0.39, 0.29) is 16.3 Å². The number of nitriles is 1. The third kappa shape index (κ3) is 2.62. The Bertz CT molecular complexity index is 699. The van der Waals surface area contributed by atoms with E-state index in [0.717, 1.165) is 11.8 Å². The van der Waals surface area contributed by atoms with E-state index in [1.807, 2.05) is 6.07 Å². The number of nitrogen functional groups attached to an aromatic ring is 1. The van der Waals surface area contributed by atoms with Gasteiger partial charge in [0, 0.05) is 15.6 Å². The third-order valence-electron chi connectivity index (χ3n) is 2.63. The highest BCUT2D eigenvalue weighted by atomic mass is 79.9. The lowest BCUT2D eigenvalue weighted by atomic mass is 10.2. The second-order valence-corrected chi connectivity index (χ2v) is 5.78. The Balaban J connectivity index is 2.52. The van der Waals surface area contributed by atoms with Gasteiger partial charge < -0.3 is 5.73 Å². The number of benzene rings is 1. The summed E-state index contributed by atoms with van der Waals surface area (Å²) in [5.41, 5.74) is 5.91. The van der Waals surface area contributed by atoms with Gasteiger partial charge in [0.05, 0.1) is 10.6 Å². The summed E-state index contributed by atoms with van der Waals surface area (Å²) in [6, 6.07) is 5.00. The molecule has 102 valence electrons. The van der Waals surface area contributed by atoms with Gasteiger partial charge in [0.1, 0.15) is 11.8 Å². The molecule has 2 N–H and O–H groups in total. The smallest absolute Gasteiger partial charge is 0.183 e. The van der Waals surface area contributed by atoms with Crippen LogP contribution in [0.2, 0.25) is 0 Å². The van der Waals surface area contributed by atoms with Crippen molar-refractivity contribution in [3.63, 3.8) is 0 Å². The predicted molar refractivity (Wildman–Crippen MR) is 76.3 cm³/mol. The highest BCUT2D eigenvalue weighted by Crippen LogP contribution is 2.40. The number of hydrogen-bond donors (Lipinski definition) is 1. The van der Waals surface area contributed by atoms with Crippen LogP contribution in [0, 0.1) is 29.9 Å². The van der Waals surface area contributed by atoms with Gasteiger partial charge in [0.15, 0.2) is 11.6 Å². The van der Waals surface area contributed by atoms with Crippen molar-refractivity contribution in [3.05, 3.63) is 45.7 Å². The Hall–Kier alpha value is -1.65. The van der Waals surface area contributed by atoms with Crippen molar-refractivity contribution >= 4 is 33.4 Å². The molecule has 1 aromatic carbocycles. The van der Waals surface area contributed by atoms with E-state index in [1.165, 1.54) is 12.3 Å². The topological polar surface area (TPSA) is 62.7 Å². The standard InChI is InChI=1S/C13H8BrF2N3S/c1-6-9(14)13(11(16)10(15)12(6)18)20-8-2-3-19-7(4-8)5-17/h2-4H,18H2,1H3. The van der Waals surface area contributed by atoms with Crippen molar-refractivity contribution in [2.45, 2.75) is 16.7 Å². The van der Waals surface area contributed by atoms with Crippen LogP contribution in [0.25, 0.3) is 0 Å². The van der Waals surface area contributed by atoms with Gasteiger partial charge in [0.25, 0.3) is 0 Å². The van der Waals surface area contributed by atoms with Crippen LogP contribution < -0.4 is 5.73 Å². The largest absolute Gasteiger partial charge is 0.396 e. The van der Waals surface area contributed by atoms with Crippen molar-refractivity contribution < 1.29 is 8.78 Å². The zero-order valence-corrected chi connectivity index (χ0v) is 12.6. The van der Waals surface area contributed by atoms with E-state index in [1.54, 1.807) is 13.0 Å². The van der Waals surface area contributed by atoms with Crippen LogP contribution in [0.1, 0.15) is 11.3 Å². The molecule has 0 saturated carbocycles. The number of rotatable bonds is 2. The quantitative estimate of drug-likeness (QED) is 0.652. The Morgan fingerprint density at radius 2 is 2.10 bits per heavy atom. The zero-order valence-electron chi connectivity index (χ0n) is 10.2. The lowest BCUT2D eigenvalue weighted by molar-refractivity contribution is 0.492. The molecule has 2 aromatic rings. The average Bonchev–Trinajstić information content (AvgIpc) is 2.48. The van der Waals surface area contributed by atoms with Gasteiger partial charge in [-0.1, -0.05) is 11.8 Å². The van der Waals surface area contributed by atoms with Gasteiger partial charge in [-0.25, -0.2) is 13.8 Å². The summed E-state index contributed by atoms with van der Waals surface area (Å²) in [7, 11) is 0. The van der Waals surface area contributed by atoms with Gasteiger partial charge in [-0.2, -0.15) is 5.26 Å². The van der Waals surface area contributed by atoms with Crippen molar-refractivity contribution in [3.8, 4) is 6.07 Å². The van der Waals surface area contributed by atoms with E-state index >= 15 is 0 Å². The molecule has 3 nitrogen and oxygen atoms in total. The van der Waals surface area contributed by atoms with Crippen LogP contribution in [-0.4, -0.2) is 4.98 Å². The second kappa shape index (κ2) is 5.77. The Morgan fingerprint density at radius 1 is 1.40 bits per heavy atom. The fourth-order valence-electron chi connectivity index (χ4n) is 1.51. The van der Waals surface area contributed by atoms with E-state index in [4.69, 9.17) is 11.0 Å². The van der Waals surface area contributed by atoms with Crippen LogP contribution in [0.5, 0.6) is 0 Å². The fraction of sp³-hybridized carbons (Fsp3) is 0.0769. The minimum atomic E-state index is -1.07. The molecule has 0 spiro atoms. The summed E-state index contributed by atoms with van der Waals surface area (Å²) < 4.78 is 28.1. The number of nitrogens with two attached hydrogens (primary N) is 1. The molecule has 0 saturated heterocycles. The molecule has 0 radical (unpaired) electrons. The SMILES string of the molecule is Cc1c(N)c(F)c(F)c(Sc2ccnc(C#N)c2)c1Br. The van der Waals surface area contributed by atoms with E-state index in [2.05, 4.69) is 20.9 Å². The van der Waals surface area contributed by atoms with Crippen molar-refractivity contribution in [1.29, 1.82) is 5.26 Å². The van der Waals surface area contributed by atoms with Gasteiger partial charge >= 0.3 is 0 Å². The Kier molecular flexibility index (Phi) is 4.26. The summed E-state index contributed by atoms with van der Waals surface area (Å²) in [5.74, 6) is -2.08. The lowest BCUT2D eigenvalue weighted by Crippen LogP contribution is -2.01. The lowest BCUT2D eigenvalue weighted by Gasteiger charge is -2.12. The molecule has 1 heterocycles. The molecule has 20 heavy (non-hydrogen) atoms. The first-order valence-electron chi connectivity index (χ1n) is 5.42. The summed E-state index contributed by atoms with van der Waals surface area (Å²) in [5, 5.41) is 8.78. The maximum atomic E-state index is 14.0. The number of aromatic nitrogens is 1. The number of halogens is 3. The van der Waals surface area contributed by atoms with Crippen LogP contribution in [0.3, 0.4) is 0 Å². The monoisotopic (exact) mass is 355 g/mol. The molecule has 0 bridgehead atoms. The molecular weight excluding hydrogens is 348 g/mol. The second-order valence-electron chi connectivity index (χ2n) is 3.90. The molecule has 0 aliphatic rings.